The van der Waals surface area contributed by atoms with Crippen molar-refractivity contribution in [3.63, 3.8) is 0 Å². The average Bonchev–Trinajstić information content (AvgIpc) is 2.04. The summed E-state index contributed by atoms with van der Waals surface area (Å²) in [6, 6.07) is 0. The van der Waals surface area contributed by atoms with Crippen LogP contribution >= 0.6 is 12.2 Å². The molecule has 0 N–H and O–H groups in total. The van der Waals surface area contributed by atoms with E-state index in [1.54, 1.807) is 0 Å². The summed E-state index contributed by atoms with van der Waals surface area (Å²) in [6.07, 6.45) is 4.63. The smallest absolute Gasteiger partial charge is 0.884 e. The summed E-state index contributed by atoms with van der Waals surface area (Å²) < 4.78 is -0.00287. The molecule has 0 heterocycles. The third kappa shape index (κ3) is 9.17. The van der Waals surface area contributed by atoms with Crippen LogP contribution in [-0.2, 0) is 30.4 Å². The van der Waals surface area contributed by atoms with Gasteiger partial charge < -0.3 is 16.0 Å². The second kappa shape index (κ2) is 10.9. The van der Waals surface area contributed by atoms with E-state index in [1.165, 1.54) is 0 Å². The Hall–Kier alpha value is 0.863. The van der Waals surface area contributed by atoms with Gasteiger partial charge >= 0.3 is 19.5 Å². The molecule has 0 unspecified atom stereocenters. The quantitative estimate of drug-likeness (QED) is 0.418. The second-order valence-corrected chi connectivity index (χ2v) is 5.66. The summed E-state index contributed by atoms with van der Waals surface area (Å²) in [5.74, 6) is 2.05. The first-order valence-electron chi connectivity index (χ1n) is 4.60. The van der Waals surface area contributed by atoms with Gasteiger partial charge in [-0.2, -0.15) is 4.38 Å². The van der Waals surface area contributed by atoms with Crippen molar-refractivity contribution in [3.8, 4) is 0 Å². The van der Waals surface area contributed by atoms with E-state index >= 15 is 0 Å². The molecule has 74 valence electrons. The molecule has 0 saturated carbocycles. The number of thiocarbonyl (C=S) groups is 1. The fourth-order valence-corrected chi connectivity index (χ4v) is 3.22. The van der Waals surface area contributed by atoms with Crippen molar-refractivity contribution in [1.29, 1.82) is 0 Å². The zero-order valence-electron chi connectivity index (χ0n) is 8.67. The van der Waals surface area contributed by atoms with Gasteiger partial charge in [0.2, 0.25) is 0 Å². The minimum atomic E-state index is -0.100. The van der Waals surface area contributed by atoms with Crippen LogP contribution in [0.3, 0.4) is 0 Å². The first-order valence-corrected chi connectivity index (χ1v) is 6.58. The summed E-state index contributed by atoms with van der Waals surface area (Å²) in [5.41, 5.74) is 0. The van der Waals surface area contributed by atoms with E-state index in [2.05, 4.69) is 13.8 Å². The van der Waals surface area contributed by atoms with Crippen molar-refractivity contribution in [2.45, 2.75) is 39.5 Å². The van der Waals surface area contributed by atoms with Gasteiger partial charge in [-0.05, 0) is 0 Å². The van der Waals surface area contributed by atoms with Crippen molar-refractivity contribution in [3.05, 3.63) is 0 Å². The Morgan fingerprint density at radius 2 is 1.54 bits per heavy atom. The monoisotopic (exact) mass is 270 g/mol. The molecule has 13 heavy (non-hydrogen) atoms. The Balaban J connectivity index is 0. The summed E-state index contributed by atoms with van der Waals surface area (Å²) in [5, 5.41) is 11.0. The number of rotatable bonds is 6. The Kier molecular flexibility index (Phi) is 13.7. The first kappa shape index (κ1) is 16.3. The predicted octanol–water partition coefficient (Wildman–Crippen LogP) is 1.85. The minimum absolute atomic E-state index is 0. The van der Waals surface area contributed by atoms with Crippen molar-refractivity contribution in [2.24, 2.45) is 0 Å². The number of hydrogen-bond acceptors (Lipinski definition) is 3. The largest absolute Gasteiger partial charge is 2.00 e. The Bertz CT molecular complexity index is 123. The van der Waals surface area contributed by atoms with Crippen molar-refractivity contribution >= 4 is 27.5 Å². The van der Waals surface area contributed by atoms with Gasteiger partial charge in [0.1, 0.15) is 0 Å². The van der Waals surface area contributed by atoms with Crippen LogP contribution < -0.4 is 5.11 Å². The molecule has 0 radical (unpaired) electrons. The molecule has 0 aromatic rings. The summed E-state index contributed by atoms with van der Waals surface area (Å²) in [4.78, 5) is 0. The molecule has 0 bridgehead atoms. The minimum Gasteiger partial charge on any atom is -0.884 e. The molecule has 0 spiro atoms. The van der Waals surface area contributed by atoms with Gasteiger partial charge in [0.05, 0.1) is 0 Å². The molecule has 0 saturated heterocycles. The van der Waals surface area contributed by atoms with Crippen LogP contribution in [0.2, 0.25) is 0 Å². The number of unbranched alkanes of at least 4 members (excludes halogenated alkanes) is 2. The molecule has 0 fully saturated rings. The molecule has 0 aliphatic heterocycles. The van der Waals surface area contributed by atoms with Gasteiger partial charge in [-0.1, -0.05) is 39.5 Å². The Morgan fingerprint density at radius 1 is 1.15 bits per heavy atom. The van der Waals surface area contributed by atoms with E-state index in [9.17, 15) is 5.11 Å². The SMILES string of the molecule is CCCC[S-](CCCC)C([O-])=S.[Zn+2]. The molecule has 4 heteroatoms. The van der Waals surface area contributed by atoms with Crippen LogP contribution in [0.1, 0.15) is 39.5 Å². The van der Waals surface area contributed by atoms with Crippen LogP contribution in [0.4, 0.5) is 0 Å². The van der Waals surface area contributed by atoms with E-state index in [0.717, 1.165) is 37.2 Å². The molecule has 0 aliphatic carbocycles. The molecule has 0 aliphatic rings. The maximum absolute atomic E-state index is 11.0. The van der Waals surface area contributed by atoms with Crippen molar-refractivity contribution in [2.75, 3.05) is 11.5 Å². The standard InChI is InChI=1S/C9H19OS2.Zn/c1-3-5-7-12(9(10)11)8-6-4-2;/h3-8H2,1-2H3,(H,10,11);/q-1;+2/p-1. The van der Waals surface area contributed by atoms with E-state index in [1.807, 2.05) is 0 Å². The Morgan fingerprint density at radius 3 is 1.77 bits per heavy atom. The van der Waals surface area contributed by atoms with Crippen LogP contribution in [0.5, 0.6) is 0 Å². The molecular weight excluding hydrogens is 254 g/mol. The fourth-order valence-electron chi connectivity index (χ4n) is 0.906. The third-order valence-corrected chi connectivity index (χ3v) is 4.47. The van der Waals surface area contributed by atoms with Gasteiger partial charge in [0, 0.05) is 0 Å². The maximum atomic E-state index is 11.0. The molecule has 0 aromatic heterocycles. The number of hydrogen-bond donors (Lipinski definition) is 0. The topological polar surface area (TPSA) is 23.1 Å². The Labute approximate surface area is 103 Å². The maximum Gasteiger partial charge on any atom is 2.00 e. The van der Waals surface area contributed by atoms with Crippen molar-refractivity contribution < 1.29 is 24.6 Å². The van der Waals surface area contributed by atoms with Crippen LogP contribution in [0.15, 0.2) is 0 Å². The van der Waals surface area contributed by atoms with E-state index in [0.29, 0.717) is 0 Å². The molecule has 0 rings (SSSR count). The van der Waals surface area contributed by atoms with Gasteiger partial charge in [0.15, 0.2) is 0 Å². The van der Waals surface area contributed by atoms with E-state index in [-0.39, 0.29) is 34.8 Å². The van der Waals surface area contributed by atoms with Crippen LogP contribution in [-0.4, -0.2) is 15.9 Å². The predicted molar refractivity (Wildman–Crippen MR) is 59.5 cm³/mol. The zero-order valence-corrected chi connectivity index (χ0v) is 13.3. The van der Waals surface area contributed by atoms with Crippen molar-refractivity contribution in [1.82, 2.24) is 0 Å². The van der Waals surface area contributed by atoms with Crippen LogP contribution in [0.25, 0.3) is 0 Å². The normalized spacial score (nSPS) is 10.5. The van der Waals surface area contributed by atoms with Gasteiger partial charge in [0.25, 0.3) is 0 Å². The molecular formula is C9H18OS2Zn. The summed E-state index contributed by atoms with van der Waals surface area (Å²) >= 11 is 4.70. The molecule has 1 nitrogen and oxygen atoms in total. The van der Waals surface area contributed by atoms with Gasteiger partial charge in [-0.3, -0.25) is 0 Å². The first-order chi connectivity index (χ1) is 5.72. The van der Waals surface area contributed by atoms with Gasteiger partial charge in [-0.25, -0.2) is 0 Å². The van der Waals surface area contributed by atoms with Gasteiger partial charge in [-0.15, -0.1) is 23.7 Å². The zero-order chi connectivity index (χ0) is 9.40. The van der Waals surface area contributed by atoms with E-state index < -0.39 is 0 Å². The molecule has 0 amide bonds. The average molecular weight is 272 g/mol. The second-order valence-electron chi connectivity index (χ2n) is 2.86. The van der Waals surface area contributed by atoms with E-state index in [4.69, 9.17) is 12.2 Å². The fraction of sp³-hybridized carbons (Fsp3) is 0.889. The van der Waals surface area contributed by atoms with Crippen LogP contribution in [0, 0.1) is 0 Å². The molecule has 0 aromatic carbocycles. The summed E-state index contributed by atoms with van der Waals surface area (Å²) in [6.45, 7) is 4.30. The summed E-state index contributed by atoms with van der Waals surface area (Å²) in [7, 11) is -0.100. The molecule has 0 atom stereocenters. The third-order valence-electron chi connectivity index (χ3n) is 1.72.